The summed E-state index contributed by atoms with van der Waals surface area (Å²) >= 11 is 0. The van der Waals surface area contributed by atoms with Crippen molar-refractivity contribution in [1.82, 2.24) is 0 Å². The Balaban J connectivity index is 1.98. The quantitative estimate of drug-likeness (QED) is 0.603. The number of ether oxygens (including phenoxy) is 1. The van der Waals surface area contributed by atoms with Crippen LogP contribution in [-0.4, -0.2) is 24.3 Å². The fourth-order valence-corrected chi connectivity index (χ4v) is 3.72. The monoisotopic (exact) mass is 182 g/mol. The third kappa shape index (κ3) is 0.766. The molecule has 4 atom stereocenters. The van der Waals surface area contributed by atoms with Gasteiger partial charge in [-0.25, -0.2) is 0 Å². The number of hydrogen-bond acceptors (Lipinski definition) is 3. The lowest BCUT2D eigenvalue weighted by atomic mass is 9.72. The zero-order chi connectivity index (χ0) is 9.05. The zero-order valence-electron chi connectivity index (χ0n) is 7.53. The number of cyclic esters (lactones) is 1. The Bertz CT molecular complexity index is 263. The molecule has 3 rings (SSSR count). The molecule has 3 nitrogen and oxygen atoms in total. The van der Waals surface area contributed by atoms with Gasteiger partial charge in [-0.2, -0.15) is 0 Å². The molecule has 1 N–H and O–H groups in total. The van der Waals surface area contributed by atoms with Gasteiger partial charge in [0.1, 0.15) is 0 Å². The van der Waals surface area contributed by atoms with Gasteiger partial charge in [0, 0.05) is 17.9 Å². The normalized spacial score (nSPS) is 52.4. The van der Waals surface area contributed by atoms with Crippen LogP contribution >= 0.6 is 0 Å². The van der Waals surface area contributed by atoms with E-state index in [4.69, 9.17) is 4.74 Å². The summed E-state index contributed by atoms with van der Waals surface area (Å²) in [6.45, 7) is 0.794. The van der Waals surface area contributed by atoms with Crippen molar-refractivity contribution < 1.29 is 14.6 Å². The highest BCUT2D eigenvalue weighted by Crippen LogP contribution is 2.62. The lowest BCUT2D eigenvalue weighted by Crippen LogP contribution is -2.33. The lowest BCUT2D eigenvalue weighted by Gasteiger charge is -2.31. The summed E-state index contributed by atoms with van der Waals surface area (Å²) in [7, 11) is 0. The molecule has 2 saturated carbocycles. The molecule has 1 aliphatic heterocycles. The molecule has 0 radical (unpaired) electrons. The number of aliphatic hydroxyl groups excluding tert-OH is 1. The molecule has 3 aliphatic rings. The first-order valence-electron chi connectivity index (χ1n) is 5.04. The van der Waals surface area contributed by atoms with E-state index < -0.39 is 0 Å². The van der Waals surface area contributed by atoms with Crippen molar-refractivity contribution >= 4 is 5.97 Å². The Morgan fingerprint density at radius 2 is 2.46 bits per heavy atom. The maximum absolute atomic E-state index is 11.4. The molecule has 0 aromatic carbocycles. The first-order chi connectivity index (χ1) is 6.27. The largest absolute Gasteiger partial charge is 0.465 e. The van der Waals surface area contributed by atoms with Crippen LogP contribution in [0, 0.1) is 23.2 Å². The molecule has 3 heteroatoms. The summed E-state index contributed by atoms with van der Waals surface area (Å²) in [6, 6.07) is 0. The van der Waals surface area contributed by atoms with Crippen LogP contribution < -0.4 is 0 Å². The summed E-state index contributed by atoms with van der Waals surface area (Å²) < 4.78 is 5.08. The van der Waals surface area contributed by atoms with E-state index in [1.165, 1.54) is 0 Å². The van der Waals surface area contributed by atoms with Crippen molar-refractivity contribution in [2.45, 2.75) is 19.3 Å². The van der Waals surface area contributed by atoms with Crippen molar-refractivity contribution in [3.05, 3.63) is 0 Å². The van der Waals surface area contributed by atoms with Crippen molar-refractivity contribution in [3.8, 4) is 0 Å². The van der Waals surface area contributed by atoms with E-state index >= 15 is 0 Å². The topological polar surface area (TPSA) is 46.5 Å². The zero-order valence-corrected chi connectivity index (χ0v) is 7.53. The van der Waals surface area contributed by atoms with Crippen LogP contribution in [-0.2, 0) is 9.53 Å². The van der Waals surface area contributed by atoms with E-state index in [0.717, 1.165) is 19.3 Å². The Kier molecular flexibility index (Phi) is 1.36. The SMILES string of the molecule is O=C1OCC2C1C1CCC2(CO)C1. The first kappa shape index (κ1) is 7.80. The second-order valence-electron chi connectivity index (χ2n) is 4.79. The van der Waals surface area contributed by atoms with Gasteiger partial charge in [0.2, 0.25) is 0 Å². The van der Waals surface area contributed by atoms with E-state index in [9.17, 15) is 9.90 Å². The van der Waals surface area contributed by atoms with Gasteiger partial charge in [-0.15, -0.1) is 0 Å². The second kappa shape index (κ2) is 2.27. The van der Waals surface area contributed by atoms with Crippen LogP contribution in [0.15, 0.2) is 0 Å². The number of rotatable bonds is 1. The van der Waals surface area contributed by atoms with Crippen molar-refractivity contribution in [1.29, 1.82) is 0 Å². The second-order valence-corrected chi connectivity index (χ2v) is 4.79. The Hall–Kier alpha value is -0.570. The van der Waals surface area contributed by atoms with Gasteiger partial charge in [-0.1, -0.05) is 0 Å². The first-order valence-corrected chi connectivity index (χ1v) is 5.04. The third-order valence-electron chi connectivity index (χ3n) is 4.40. The van der Waals surface area contributed by atoms with E-state index in [1.54, 1.807) is 0 Å². The summed E-state index contributed by atoms with van der Waals surface area (Å²) in [5.41, 5.74) is 0.0431. The number of aliphatic hydroxyl groups is 1. The number of fused-ring (bicyclic) bond motifs is 5. The number of carbonyl (C=O) groups excluding carboxylic acids is 1. The van der Waals surface area contributed by atoms with Crippen molar-refractivity contribution in [2.75, 3.05) is 13.2 Å². The molecule has 13 heavy (non-hydrogen) atoms. The van der Waals surface area contributed by atoms with Gasteiger partial charge in [0.25, 0.3) is 0 Å². The minimum absolute atomic E-state index is 0.00924. The number of esters is 1. The van der Waals surface area contributed by atoms with Crippen LogP contribution in [0.3, 0.4) is 0 Å². The summed E-state index contributed by atoms with van der Waals surface area (Å²) in [5.74, 6) is 0.946. The fraction of sp³-hybridized carbons (Fsp3) is 0.900. The molecule has 2 aliphatic carbocycles. The fourth-order valence-electron chi connectivity index (χ4n) is 3.72. The van der Waals surface area contributed by atoms with Crippen LogP contribution in [0.4, 0.5) is 0 Å². The van der Waals surface area contributed by atoms with E-state index in [0.29, 0.717) is 18.4 Å². The number of carbonyl (C=O) groups is 1. The van der Waals surface area contributed by atoms with E-state index in [-0.39, 0.29) is 23.9 Å². The summed E-state index contributed by atoms with van der Waals surface area (Å²) in [6.07, 6.45) is 3.25. The smallest absolute Gasteiger partial charge is 0.309 e. The highest BCUT2D eigenvalue weighted by Gasteiger charge is 2.62. The van der Waals surface area contributed by atoms with Crippen LogP contribution in [0.25, 0.3) is 0 Å². The van der Waals surface area contributed by atoms with Crippen molar-refractivity contribution in [2.24, 2.45) is 23.2 Å². The molecule has 4 unspecified atom stereocenters. The highest BCUT2D eigenvalue weighted by atomic mass is 16.5. The van der Waals surface area contributed by atoms with Crippen molar-refractivity contribution in [3.63, 3.8) is 0 Å². The van der Waals surface area contributed by atoms with Crippen LogP contribution in [0.1, 0.15) is 19.3 Å². The van der Waals surface area contributed by atoms with Gasteiger partial charge in [-0.05, 0) is 25.2 Å². The van der Waals surface area contributed by atoms with E-state index in [2.05, 4.69) is 0 Å². The molecule has 1 heterocycles. The minimum atomic E-state index is -0.00924. The standard InChI is InChI=1S/C10H14O3/c11-5-10-2-1-6(3-10)8-7(10)4-13-9(8)12/h6-8,11H,1-5H2. The molecule has 0 amide bonds. The maximum Gasteiger partial charge on any atom is 0.309 e. The van der Waals surface area contributed by atoms with Gasteiger partial charge < -0.3 is 9.84 Å². The number of hydrogen-bond donors (Lipinski definition) is 1. The minimum Gasteiger partial charge on any atom is -0.465 e. The molecule has 0 aromatic heterocycles. The summed E-state index contributed by atoms with van der Waals surface area (Å²) in [4.78, 5) is 11.4. The summed E-state index contributed by atoms with van der Waals surface area (Å²) in [5, 5.41) is 9.41. The van der Waals surface area contributed by atoms with Crippen LogP contribution in [0.2, 0.25) is 0 Å². The molecule has 3 fully saturated rings. The van der Waals surface area contributed by atoms with Gasteiger partial charge >= 0.3 is 5.97 Å². The van der Waals surface area contributed by atoms with Gasteiger partial charge in [0.05, 0.1) is 12.5 Å². The molecular weight excluding hydrogens is 168 g/mol. The van der Waals surface area contributed by atoms with Gasteiger partial charge in [-0.3, -0.25) is 4.79 Å². The van der Waals surface area contributed by atoms with E-state index in [1.807, 2.05) is 0 Å². The van der Waals surface area contributed by atoms with Gasteiger partial charge in [0.15, 0.2) is 0 Å². The average Bonchev–Trinajstić information content (AvgIpc) is 2.76. The predicted octanol–water partition coefficient (Wildman–Crippen LogP) is 0.568. The molecular formula is C10H14O3. The predicted molar refractivity (Wildman–Crippen MR) is 44.8 cm³/mol. The Morgan fingerprint density at radius 1 is 1.62 bits per heavy atom. The average molecular weight is 182 g/mol. The highest BCUT2D eigenvalue weighted by molar-refractivity contribution is 5.76. The maximum atomic E-state index is 11.4. The molecule has 72 valence electrons. The molecule has 1 saturated heterocycles. The lowest BCUT2D eigenvalue weighted by molar-refractivity contribution is -0.142. The molecule has 2 bridgehead atoms. The molecule has 0 aromatic rings. The van der Waals surface area contributed by atoms with Crippen LogP contribution in [0.5, 0.6) is 0 Å². The Labute approximate surface area is 77.1 Å². The third-order valence-corrected chi connectivity index (χ3v) is 4.40. The molecule has 0 spiro atoms. The Morgan fingerprint density at radius 3 is 3.23 bits per heavy atom.